The van der Waals surface area contributed by atoms with Gasteiger partial charge in [-0.3, -0.25) is 4.79 Å². The van der Waals surface area contributed by atoms with E-state index in [1.807, 2.05) is 19.1 Å². The zero-order chi connectivity index (χ0) is 12.1. The molecule has 0 bridgehead atoms. The number of benzene rings is 1. The van der Waals surface area contributed by atoms with E-state index >= 15 is 0 Å². The van der Waals surface area contributed by atoms with Gasteiger partial charge in [0, 0.05) is 18.2 Å². The van der Waals surface area contributed by atoms with Crippen molar-refractivity contribution >= 4 is 11.6 Å². The lowest BCUT2D eigenvalue weighted by Crippen LogP contribution is -2.23. The lowest BCUT2D eigenvalue weighted by Gasteiger charge is -2.14. The highest BCUT2D eigenvalue weighted by Gasteiger charge is 2.05. The first-order valence-corrected chi connectivity index (χ1v) is 5.64. The molecule has 3 heteroatoms. The molecule has 0 radical (unpaired) electrons. The van der Waals surface area contributed by atoms with Crippen LogP contribution < -0.4 is 11.1 Å². The van der Waals surface area contributed by atoms with Gasteiger partial charge in [0.2, 0.25) is 5.91 Å². The first-order chi connectivity index (χ1) is 7.49. The fourth-order valence-corrected chi connectivity index (χ4v) is 1.60. The third-order valence-electron chi connectivity index (χ3n) is 2.50. The smallest absolute Gasteiger partial charge is 0.219 e. The normalized spacial score (nSPS) is 12.5. The second-order valence-electron chi connectivity index (χ2n) is 4.49. The summed E-state index contributed by atoms with van der Waals surface area (Å²) in [6.45, 7) is 6.28. The van der Waals surface area contributed by atoms with E-state index in [9.17, 15) is 4.79 Å². The topological polar surface area (TPSA) is 55.1 Å². The van der Waals surface area contributed by atoms with Crippen LogP contribution in [0.15, 0.2) is 24.3 Å². The van der Waals surface area contributed by atoms with E-state index < -0.39 is 0 Å². The van der Waals surface area contributed by atoms with Crippen LogP contribution in [0.5, 0.6) is 0 Å². The Balaban J connectivity index is 2.58. The average Bonchev–Trinajstić information content (AvgIpc) is 2.16. The minimum atomic E-state index is -0.279. The molecule has 0 aliphatic carbocycles. The molecule has 3 nitrogen and oxygen atoms in total. The van der Waals surface area contributed by atoms with E-state index in [0.29, 0.717) is 12.3 Å². The fraction of sp³-hybridized carbons (Fsp3) is 0.462. The van der Waals surface area contributed by atoms with Crippen molar-refractivity contribution in [3.8, 4) is 0 Å². The summed E-state index contributed by atoms with van der Waals surface area (Å²) in [4.78, 5) is 10.7. The van der Waals surface area contributed by atoms with Gasteiger partial charge < -0.3 is 11.1 Å². The number of carbonyl (C=O) groups excluding carboxylic acids is 1. The Morgan fingerprint density at radius 2 is 1.81 bits per heavy atom. The third kappa shape index (κ3) is 3.93. The molecule has 0 saturated heterocycles. The Hall–Kier alpha value is -1.51. The Kier molecular flexibility index (Phi) is 4.35. The Bertz CT molecular complexity index is 343. The first-order valence-electron chi connectivity index (χ1n) is 5.64. The molecule has 1 amide bonds. The summed E-state index contributed by atoms with van der Waals surface area (Å²) in [5, 5.41) is 3.24. The molecule has 1 rings (SSSR count). The molecule has 0 spiro atoms. The molecule has 0 aliphatic heterocycles. The van der Waals surface area contributed by atoms with Crippen LogP contribution >= 0.6 is 0 Å². The number of nitrogens with two attached hydrogens (primary N) is 1. The Morgan fingerprint density at radius 3 is 2.25 bits per heavy atom. The van der Waals surface area contributed by atoms with Crippen molar-refractivity contribution in [2.45, 2.75) is 39.2 Å². The van der Waals surface area contributed by atoms with Crippen LogP contribution in [0.2, 0.25) is 0 Å². The molecule has 1 unspecified atom stereocenters. The molecule has 0 aromatic heterocycles. The number of nitrogens with one attached hydrogen (secondary N) is 1. The Labute approximate surface area is 97.0 Å². The highest BCUT2D eigenvalue weighted by atomic mass is 16.1. The number of rotatable bonds is 5. The zero-order valence-electron chi connectivity index (χ0n) is 10.2. The maximum absolute atomic E-state index is 10.7. The van der Waals surface area contributed by atoms with E-state index in [1.165, 1.54) is 5.56 Å². The molecule has 88 valence electrons. The first kappa shape index (κ1) is 12.6. The van der Waals surface area contributed by atoms with Gasteiger partial charge in [0.25, 0.3) is 0 Å². The number of amides is 1. The van der Waals surface area contributed by atoms with Crippen LogP contribution in [0.1, 0.15) is 38.7 Å². The van der Waals surface area contributed by atoms with Crippen LogP contribution in [0.4, 0.5) is 5.69 Å². The van der Waals surface area contributed by atoms with Gasteiger partial charge in [-0.05, 0) is 30.5 Å². The second-order valence-corrected chi connectivity index (χ2v) is 4.49. The van der Waals surface area contributed by atoms with Crippen molar-refractivity contribution in [1.82, 2.24) is 0 Å². The summed E-state index contributed by atoms with van der Waals surface area (Å²) >= 11 is 0. The second kappa shape index (κ2) is 5.54. The monoisotopic (exact) mass is 220 g/mol. The summed E-state index contributed by atoms with van der Waals surface area (Å²) in [5.41, 5.74) is 7.47. The van der Waals surface area contributed by atoms with Crippen LogP contribution in [0.25, 0.3) is 0 Å². The number of hydrogen-bond donors (Lipinski definition) is 2. The molecule has 0 aliphatic rings. The van der Waals surface area contributed by atoms with Crippen molar-refractivity contribution in [2.75, 3.05) is 5.32 Å². The van der Waals surface area contributed by atoms with Crippen molar-refractivity contribution in [3.63, 3.8) is 0 Å². The Morgan fingerprint density at radius 1 is 1.25 bits per heavy atom. The summed E-state index contributed by atoms with van der Waals surface area (Å²) in [7, 11) is 0. The maximum atomic E-state index is 10.7. The van der Waals surface area contributed by atoms with E-state index in [1.54, 1.807) is 0 Å². The molecule has 1 aromatic carbocycles. The van der Waals surface area contributed by atoms with Gasteiger partial charge in [-0.25, -0.2) is 0 Å². The van der Waals surface area contributed by atoms with Crippen molar-refractivity contribution in [1.29, 1.82) is 0 Å². The molecule has 0 fully saturated rings. The molecule has 3 N–H and O–H groups in total. The largest absolute Gasteiger partial charge is 0.382 e. The van der Waals surface area contributed by atoms with Gasteiger partial charge in [0.15, 0.2) is 0 Å². The van der Waals surface area contributed by atoms with Crippen LogP contribution in [0, 0.1) is 0 Å². The molecular formula is C13H20N2O. The van der Waals surface area contributed by atoms with Crippen molar-refractivity contribution in [2.24, 2.45) is 5.73 Å². The molecule has 0 saturated carbocycles. The third-order valence-corrected chi connectivity index (χ3v) is 2.50. The minimum Gasteiger partial charge on any atom is -0.382 e. The molecule has 1 aromatic rings. The number of hydrogen-bond acceptors (Lipinski definition) is 2. The molecule has 0 heterocycles. The van der Waals surface area contributed by atoms with Gasteiger partial charge in [-0.15, -0.1) is 0 Å². The van der Waals surface area contributed by atoms with E-state index in [4.69, 9.17) is 5.73 Å². The highest BCUT2D eigenvalue weighted by molar-refractivity contribution is 5.74. The summed E-state index contributed by atoms with van der Waals surface area (Å²) in [6, 6.07) is 8.34. The number of primary amides is 1. The predicted octanol–water partition coefficient (Wildman–Crippen LogP) is 2.49. The SMILES string of the molecule is CC(CC(N)=O)Nc1ccc(C(C)C)cc1. The van der Waals surface area contributed by atoms with Crippen LogP contribution in [-0.4, -0.2) is 11.9 Å². The van der Waals surface area contributed by atoms with Crippen LogP contribution in [-0.2, 0) is 4.79 Å². The van der Waals surface area contributed by atoms with E-state index in [-0.39, 0.29) is 11.9 Å². The van der Waals surface area contributed by atoms with Gasteiger partial charge in [0.05, 0.1) is 0 Å². The van der Waals surface area contributed by atoms with Crippen molar-refractivity contribution in [3.05, 3.63) is 29.8 Å². The summed E-state index contributed by atoms with van der Waals surface area (Å²) in [6.07, 6.45) is 0.353. The van der Waals surface area contributed by atoms with Crippen molar-refractivity contribution < 1.29 is 4.79 Å². The highest BCUT2D eigenvalue weighted by Crippen LogP contribution is 2.17. The summed E-state index contributed by atoms with van der Waals surface area (Å²) < 4.78 is 0. The lowest BCUT2D eigenvalue weighted by atomic mass is 10.0. The number of carbonyl (C=O) groups is 1. The quantitative estimate of drug-likeness (QED) is 0.801. The minimum absolute atomic E-state index is 0.0717. The summed E-state index contributed by atoms with van der Waals surface area (Å²) in [5.74, 6) is 0.260. The predicted molar refractivity (Wildman–Crippen MR) is 67.4 cm³/mol. The van der Waals surface area contributed by atoms with Gasteiger partial charge in [-0.1, -0.05) is 26.0 Å². The number of anilines is 1. The standard InChI is InChI=1S/C13H20N2O/c1-9(2)11-4-6-12(7-5-11)15-10(3)8-13(14)16/h4-7,9-10,15H,8H2,1-3H3,(H2,14,16). The maximum Gasteiger partial charge on any atom is 0.219 e. The lowest BCUT2D eigenvalue weighted by molar-refractivity contribution is -0.118. The molecule has 1 atom stereocenters. The van der Waals surface area contributed by atoms with Gasteiger partial charge in [0.1, 0.15) is 0 Å². The van der Waals surface area contributed by atoms with Crippen LogP contribution in [0.3, 0.4) is 0 Å². The fourth-order valence-electron chi connectivity index (χ4n) is 1.60. The molecular weight excluding hydrogens is 200 g/mol. The van der Waals surface area contributed by atoms with Gasteiger partial charge >= 0.3 is 0 Å². The zero-order valence-corrected chi connectivity index (χ0v) is 10.2. The van der Waals surface area contributed by atoms with Gasteiger partial charge in [-0.2, -0.15) is 0 Å². The van der Waals surface area contributed by atoms with E-state index in [2.05, 4.69) is 31.3 Å². The van der Waals surface area contributed by atoms with E-state index in [0.717, 1.165) is 5.69 Å². The average molecular weight is 220 g/mol. The molecule has 16 heavy (non-hydrogen) atoms.